The van der Waals surface area contributed by atoms with E-state index in [1.165, 1.54) is 0 Å². The molecule has 0 aromatic rings. The maximum Gasteiger partial charge on any atom is 4.00 e. The molecule has 0 heterocycles. The van der Waals surface area contributed by atoms with E-state index in [0.29, 0.717) is 0 Å². The number of rotatable bonds is 0. The second-order valence-corrected chi connectivity index (χ2v) is 0. The van der Waals surface area contributed by atoms with Gasteiger partial charge in [0.15, 0.2) is 0 Å². The Morgan fingerprint density at radius 2 is 0.600 bits per heavy atom. The van der Waals surface area contributed by atoms with Gasteiger partial charge in [-0.3, -0.25) is 0 Å². The Morgan fingerprint density at radius 3 is 0.600 bits per heavy atom. The summed E-state index contributed by atoms with van der Waals surface area (Å²) in [5.41, 5.74) is 0. The average molecular weight is 144 g/mol. The molecule has 0 rings (SSSR count). The molecule has 0 saturated heterocycles. The van der Waals surface area contributed by atoms with Crippen molar-refractivity contribution in [2.24, 2.45) is 0 Å². The maximum atomic E-state index is 0. The van der Waals surface area contributed by atoms with E-state index in [0.717, 1.165) is 0 Å². The molecule has 0 N–H and O–H groups in total. The molecule has 0 aromatic heterocycles. The van der Waals surface area contributed by atoms with E-state index in [1.807, 2.05) is 0 Å². The molecule has 0 radical (unpaired) electrons. The summed E-state index contributed by atoms with van der Waals surface area (Å²) in [5.74, 6) is 0. The Bertz CT molecular complexity index is 6.85. The first-order valence-corrected chi connectivity index (χ1v) is 0. The fourth-order valence-corrected chi connectivity index (χ4v) is 0. The Hall–Kier alpha value is 1.42. The molecule has 0 aromatic carbocycles. The van der Waals surface area contributed by atoms with Crippen LogP contribution in [0.1, 0.15) is 0 Å². The van der Waals surface area contributed by atoms with Crippen molar-refractivity contribution in [1.29, 1.82) is 0 Å². The smallest absolute Gasteiger partial charge is 2.00 e. The van der Waals surface area contributed by atoms with Crippen molar-refractivity contribution in [2.75, 3.05) is 0 Å². The van der Waals surface area contributed by atoms with Crippen molar-refractivity contribution in [3.63, 3.8) is 0 Å². The molecule has 0 fully saturated rings. The quantitative estimate of drug-likeness (QED) is 0.312. The minimum absolute atomic E-state index is 0. The third kappa shape index (κ3) is 31.4. The fourth-order valence-electron chi connectivity index (χ4n) is 0. The Balaban J connectivity index is 0. The zero-order chi connectivity index (χ0) is 0. The van der Waals surface area contributed by atoms with Crippen molar-refractivity contribution in [2.45, 2.75) is 0 Å². The van der Waals surface area contributed by atoms with Crippen LogP contribution in [0.2, 0.25) is 0 Å². The molecule has 0 aliphatic heterocycles. The fraction of sp³-hybridized carbons (Fsp3) is 0. The Morgan fingerprint density at radius 1 is 0.600 bits per heavy atom. The van der Waals surface area contributed by atoms with Crippen LogP contribution < -0.4 is 29.6 Å². The summed E-state index contributed by atoms with van der Waals surface area (Å²) < 4.78 is 0. The molecular formula is GeNaO3-. The molecule has 0 atom stereocenters. The monoisotopic (exact) mass is 145 g/mol. The summed E-state index contributed by atoms with van der Waals surface area (Å²) in [7, 11) is 0. The van der Waals surface area contributed by atoms with E-state index in [2.05, 4.69) is 0 Å². The largest absolute Gasteiger partial charge is 4.00 e. The Labute approximate surface area is 63.3 Å². The zero-order valence-electron chi connectivity index (χ0n) is 2.72. The standard InChI is InChI=1S/Ge.Na.3O/q+4;+1;3*-2. The van der Waals surface area contributed by atoms with Crippen molar-refractivity contribution in [1.82, 2.24) is 0 Å². The van der Waals surface area contributed by atoms with Crippen LogP contribution in [0.4, 0.5) is 0 Å². The zero-order valence-corrected chi connectivity index (χ0v) is 6.82. The van der Waals surface area contributed by atoms with Crippen LogP contribution in [0, 0.1) is 0 Å². The van der Waals surface area contributed by atoms with Crippen LogP contribution >= 0.6 is 0 Å². The van der Waals surface area contributed by atoms with E-state index in [-0.39, 0.29) is 63.6 Å². The van der Waals surface area contributed by atoms with Gasteiger partial charge in [0.05, 0.1) is 0 Å². The molecule has 0 aliphatic rings. The van der Waals surface area contributed by atoms with Crippen LogP contribution in [0.15, 0.2) is 0 Å². The molecule has 0 unspecified atom stereocenters. The third-order valence-electron chi connectivity index (χ3n) is 0. The molecule has 0 aliphatic carbocycles. The summed E-state index contributed by atoms with van der Waals surface area (Å²) in [4.78, 5) is 0. The van der Waals surface area contributed by atoms with Crippen LogP contribution in [-0.2, 0) is 16.4 Å². The van der Waals surface area contributed by atoms with Crippen molar-refractivity contribution >= 4 is 17.6 Å². The van der Waals surface area contributed by atoms with Gasteiger partial charge in [0.2, 0.25) is 0 Å². The van der Waals surface area contributed by atoms with Gasteiger partial charge < -0.3 is 16.4 Å². The second kappa shape index (κ2) is 52.4. The molecule has 0 spiro atoms. The minimum atomic E-state index is 0. The second-order valence-electron chi connectivity index (χ2n) is 0. The summed E-state index contributed by atoms with van der Waals surface area (Å²) in [6.45, 7) is 0. The topological polar surface area (TPSA) is 85.5 Å². The molecular weight excluding hydrogens is 144 g/mol. The van der Waals surface area contributed by atoms with Gasteiger partial charge in [-0.25, -0.2) is 0 Å². The Kier molecular flexibility index (Phi) is 978. The minimum Gasteiger partial charge on any atom is -2.00 e. The molecule has 0 bridgehead atoms. The molecule has 0 amide bonds. The van der Waals surface area contributed by atoms with Crippen LogP contribution in [-0.4, -0.2) is 17.6 Å². The molecule has 5 heteroatoms. The van der Waals surface area contributed by atoms with E-state index >= 15 is 0 Å². The molecule has 24 valence electrons. The average Bonchev–Trinajstić information content (AvgIpc) is 0. The van der Waals surface area contributed by atoms with E-state index < -0.39 is 0 Å². The van der Waals surface area contributed by atoms with Gasteiger partial charge in [0, 0.05) is 0 Å². The summed E-state index contributed by atoms with van der Waals surface area (Å²) >= 11 is 0. The summed E-state index contributed by atoms with van der Waals surface area (Å²) in [6.07, 6.45) is 0. The van der Waals surface area contributed by atoms with Crippen LogP contribution in [0.25, 0.3) is 0 Å². The molecule has 0 saturated carbocycles. The van der Waals surface area contributed by atoms with Crippen molar-refractivity contribution < 1.29 is 46.0 Å². The first-order chi connectivity index (χ1) is 0. The van der Waals surface area contributed by atoms with Gasteiger partial charge >= 0.3 is 47.2 Å². The normalized spacial score (nSPS) is 0. The predicted octanol–water partition coefficient (Wildman–Crippen LogP) is -3.73. The van der Waals surface area contributed by atoms with E-state index in [4.69, 9.17) is 0 Å². The van der Waals surface area contributed by atoms with Gasteiger partial charge in [-0.05, 0) is 0 Å². The summed E-state index contributed by atoms with van der Waals surface area (Å²) in [5, 5.41) is 0. The first-order valence-electron chi connectivity index (χ1n) is 0. The van der Waals surface area contributed by atoms with Crippen molar-refractivity contribution in [3.8, 4) is 0 Å². The van der Waals surface area contributed by atoms with Gasteiger partial charge in [-0.1, -0.05) is 0 Å². The number of hydrogen-bond donors (Lipinski definition) is 0. The van der Waals surface area contributed by atoms with Gasteiger partial charge in [-0.2, -0.15) is 0 Å². The van der Waals surface area contributed by atoms with Crippen LogP contribution in [0.5, 0.6) is 0 Å². The van der Waals surface area contributed by atoms with Gasteiger partial charge in [0.1, 0.15) is 0 Å². The maximum absolute atomic E-state index is 0. The number of hydrogen-bond acceptors (Lipinski definition) is 0. The SMILES string of the molecule is [Ge+4].[Na+].[O-2].[O-2].[O-2]. The van der Waals surface area contributed by atoms with Gasteiger partial charge in [-0.15, -0.1) is 0 Å². The summed E-state index contributed by atoms with van der Waals surface area (Å²) in [6, 6.07) is 0. The van der Waals surface area contributed by atoms with Gasteiger partial charge in [0.25, 0.3) is 0 Å². The molecule has 3 nitrogen and oxygen atoms in total. The molecule has 5 heavy (non-hydrogen) atoms. The third-order valence-corrected chi connectivity index (χ3v) is 0. The van der Waals surface area contributed by atoms with E-state index in [9.17, 15) is 0 Å². The predicted molar refractivity (Wildman–Crippen MR) is 7.81 cm³/mol. The van der Waals surface area contributed by atoms with Crippen molar-refractivity contribution in [3.05, 3.63) is 0 Å². The first kappa shape index (κ1) is 93.3. The van der Waals surface area contributed by atoms with Crippen LogP contribution in [0.3, 0.4) is 0 Å². The van der Waals surface area contributed by atoms with E-state index in [1.54, 1.807) is 0 Å².